The third-order valence-electron chi connectivity index (χ3n) is 4.20. The maximum absolute atomic E-state index is 12.1. The third-order valence-corrected chi connectivity index (χ3v) is 4.20. The van der Waals surface area contributed by atoms with E-state index in [0.29, 0.717) is 30.9 Å². The van der Waals surface area contributed by atoms with Crippen molar-refractivity contribution in [2.24, 2.45) is 5.73 Å². The zero-order valence-electron chi connectivity index (χ0n) is 15.0. The lowest BCUT2D eigenvalue weighted by Gasteiger charge is -2.21. The molecule has 0 aliphatic rings. The maximum atomic E-state index is 12.1. The molecule has 0 bridgehead atoms. The SMILES string of the molecule is COc1ccc(C(Cc2ccccc2C)NC(=O)CCN)cc1OC. The number of nitrogens with one attached hydrogen (secondary N) is 1. The summed E-state index contributed by atoms with van der Waals surface area (Å²) < 4.78 is 10.7. The van der Waals surface area contributed by atoms with Gasteiger partial charge < -0.3 is 20.5 Å². The summed E-state index contributed by atoms with van der Waals surface area (Å²) in [5.41, 5.74) is 8.86. The van der Waals surface area contributed by atoms with E-state index in [2.05, 4.69) is 24.4 Å². The Hall–Kier alpha value is -2.53. The first kappa shape index (κ1) is 18.8. The fourth-order valence-corrected chi connectivity index (χ4v) is 2.78. The highest BCUT2D eigenvalue weighted by molar-refractivity contribution is 5.76. The van der Waals surface area contributed by atoms with Crippen molar-refractivity contribution in [2.75, 3.05) is 20.8 Å². The molecule has 0 aliphatic carbocycles. The van der Waals surface area contributed by atoms with Crippen molar-refractivity contribution in [1.29, 1.82) is 0 Å². The Morgan fingerprint density at radius 2 is 1.84 bits per heavy atom. The molecule has 0 heterocycles. The standard InChI is InChI=1S/C20H26N2O3/c1-14-6-4-5-7-15(14)12-17(22-20(23)10-11-21)16-8-9-18(24-2)19(13-16)25-3/h4-9,13,17H,10-12,21H2,1-3H3,(H,22,23). The molecule has 0 spiro atoms. The number of hydrogen-bond acceptors (Lipinski definition) is 4. The summed E-state index contributed by atoms with van der Waals surface area (Å²) in [4.78, 5) is 12.1. The van der Waals surface area contributed by atoms with E-state index in [-0.39, 0.29) is 11.9 Å². The number of nitrogens with two attached hydrogens (primary N) is 1. The van der Waals surface area contributed by atoms with Crippen LogP contribution < -0.4 is 20.5 Å². The summed E-state index contributed by atoms with van der Waals surface area (Å²) in [5, 5.41) is 3.08. The minimum atomic E-state index is -0.167. The second-order valence-corrected chi connectivity index (χ2v) is 5.90. The Morgan fingerprint density at radius 3 is 2.48 bits per heavy atom. The van der Waals surface area contributed by atoms with E-state index in [1.54, 1.807) is 14.2 Å². The van der Waals surface area contributed by atoms with Crippen LogP contribution in [0.4, 0.5) is 0 Å². The van der Waals surface area contributed by atoms with Crippen molar-refractivity contribution in [1.82, 2.24) is 5.32 Å². The molecule has 0 fully saturated rings. The number of rotatable bonds is 8. The van der Waals surface area contributed by atoms with Crippen molar-refractivity contribution in [3.63, 3.8) is 0 Å². The molecule has 2 aromatic carbocycles. The van der Waals surface area contributed by atoms with E-state index < -0.39 is 0 Å². The number of benzene rings is 2. The fourth-order valence-electron chi connectivity index (χ4n) is 2.78. The van der Waals surface area contributed by atoms with Crippen LogP contribution >= 0.6 is 0 Å². The Bertz CT molecular complexity index is 716. The monoisotopic (exact) mass is 342 g/mol. The van der Waals surface area contributed by atoms with E-state index in [9.17, 15) is 4.79 Å². The first-order valence-corrected chi connectivity index (χ1v) is 8.35. The van der Waals surface area contributed by atoms with Gasteiger partial charge in [0, 0.05) is 13.0 Å². The second kappa shape index (κ2) is 9.08. The molecule has 0 aliphatic heterocycles. The number of carbonyl (C=O) groups is 1. The number of ether oxygens (including phenoxy) is 2. The van der Waals surface area contributed by atoms with Crippen molar-refractivity contribution >= 4 is 5.91 Å². The van der Waals surface area contributed by atoms with E-state index in [4.69, 9.17) is 15.2 Å². The topological polar surface area (TPSA) is 73.6 Å². The molecule has 0 saturated carbocycles. The summed E-state index contributed by atoms with van der Waals surface area (Å²) >= 11 is 0. The van der Waals surface area contributed by atoms with Crippen molar-refractivity contribution < 1.29 is 14.3 Å². The van der Waals surface area contributed by atoms with Crippen LogP contribution in [0.5, 0.6) is 11.5 Å². The molecule has 0 saturated heterocycles. The second-order valence-electron chi connectivity index (χ2n) is 5.90. The number of methoxy groups -OCH3 is 2. The van der Waals surface area contributed by atoms with Crippen LogP contribution in [0.25, 0.3) is 0 Å². The largest absolute Gasteiger partial charge is 0.493 e. The van der Waals surface area contributed by atoms with Gasteiger partial charge in [-0.05, 0) is 42.2 Å². The molecular formula is C20H26N2O3. The smallest absolute Gasteiger partial charge is 0.221 e. The van der Waals surface area contributed by atoms with Crippen LogP contribution in [0.3, 0.4) is 0 Å². The predicted octanol–water partition coefficient (Wildman–Crippen LogP) is 2.76. The Kier molecular flexibility index (Phi) is 6.83. The van der Waals surface area contributed by atoms with Gasteiger partial charge in [0.1, 0.15) is 0 Å². The van der Waals surface area contributed by atoms with E-state index in [1.807, 2.05) is 30.3 Å². The van der Waals surface area contributed by atoms with Gasteiger partial charge in [-0.1, -0.05) is 30.3 Å². The third kappa shape index (κ3) is 4.97. The molecule has 134 valence electrons. The zero-order valence-corrected chi connectivity index (χ0v) is 15.0. The molecule has 2 rings (SSSR count). The average Bonchev–Trinajstić information content (AvgIpc) is 2.62. The summed E-state index contributed by atoms with van der Waals surface area (Å²) in [6.45, 7) is 2.40. The van der Waals surface area contributed by atoms with E-state index in [1.165, 1.54) is 11.1 Å². The molecule has 1 atom stereocenters. The summed E-state index contributed by atoms with van der Waals surface area (Å²) in [6, 6.07) is 13.7. The Morgan fingerprint density at radius 1 is 1.12 bits per heavy atom. The van der Waals surface area contributed by atoms with Gasteiger partial charge in [0.2, 0.25) is 5.91 Å². The maximum Gasteiger partial charge on any atom is 0.221 e. The van der Waals surface area contributed by atoms with Gasteiger partial charge in [-0.2, -0.15) is 0 Å². The molecule has 3 N–H and O–H groups in total. The molecule has 0 radical (unpaired) electrons. The lowest BCUT2D eigenvalue weighted by atomic mass is 9.95. The van der Waals surface area contributed by atoms with Crippen LogP contribution in [0.15, 0.2) is 42.5 Å². The lowest BCUT2D eigenvalue weighted by Crippen LogP contribution is -2.31. The van der Waals surface area contributed by atoms with Crippen LogP contribution in [0.1, 0.15) is 29.2 Å². The summed E-state index contributed by atoms with van der Waals surface area (Å²) in [6.07, 6.45) is 0.996. The van der Waals surface area contributed by atoms with Gasteiger partial charge in [0.25, 0.3) is 0 Å². The Labute approximate surface area is 149 Å². The molecule has 0 aromatic heterocycles. The molecule has 1 amide bonds. The average molecular weight is 342 g/mol. The van der Waals surface area contributed by atoms with Crippen LogP contribution in [-0.4, -0.2) is 26.7 Å². The number of hydrogen-bond donors (Lipinski definition) is 2. The van der Waals surface area contributed by atoms with Crippen LogP contribution in [0, 0.1) is 6.92 Å². The summed E-state index contributed by atoms with van der Waals surface area (Å²) in [7, 11) is 3.20. The van der Waals surface area contributed by atoms with E-state index >= 15 is 0 Å². The van der Waals surface area contributed by atoms with Gasteiger partial charge in [0.15, 0.2) is 11.5 Å². The quantitative estimate of drug-likeness (QED) is 0.774. The van der Waals surface area contributed by atoms with Crippen LogP contribution in [-0.2, 0) is 11.2 Å². The molecular weight excluding hydrogens is 316 g/mol. The normalized spacial score (nSPS) is 11.7. The van der Waals surface area contributed by atoms with E-state index in [0.717, 1.165) is 5.56 Å². The minimum absolute atomic E-state index is 0.0594. The van der Waals surface area contributed by atoms with Gasteiger partial charge in [-0.15, -0.1) is 0 Å². The van der Waals surface area contributed by atoms with Crippen molar-refractivity contribution in [3.05, 3.63) is 59.2 Å². The molecule has 2 aromatic rings. The highest BCUT2D eigenvalue weighted by atomic mass is 16.5. The van der Waals surface area contributed by atoms with Gasteiger partial charge in [-0.25, -0.2) is 0 Å². The van der Waals surface area contributed by atoms with Gasteiger partial charge >= 0.3 is 0 Å². The number of aryl methyl sites for hydroxylation is 1. The predicted molar refractivity (Wildman–Crippen MR) is 99.0 cm³/mol. The highest BCUT2D eigenvalue weighted by Gasteiger charge is 2.18. The lowest BCUT2D eigenvalue weighted by molar-refractivity contribution is -0.121. The highest BCUT2D eigenvalue weighted by Crippen LogP contribution is 2.31. The number of carbonyl (C=O) groups excluding carboxylic acids is 1. The minimum Gasteiger partial charge on any atom is -0.493 e. The van der Waals surface area contributed by atoms with Crippen molar-refractivity contribution in [2.45, 2.75) is 25.8 Å². The van der Waals surface area contributed by atoms with Crippen molar-refractivity contribution in [3.8, 4) is 11.5 Å². The van der Waals surface area contributed by atoms with Gasteiger partial charge in [-0.3, -0.25) is 4.79 Å². The number of amides is 1. The van der Waals surface area contributed by atoms with Crippen LogP contribution in [0.2, 0.25) is 0 Å². The van der Waals surface area contributed by atoms with Gasteiger partial charge in [0.05, 0.1) is 20.3 Å². The molecule has 1 unspecified atom stereocenters. The molecule has 5 nitrogen and oxygen atoms in total. The molecule has 5 heteroatoms. The summed E-state index contributed by atoms with van der Waals surface area (Å²) in [5.74, 6) is 1.24. The fraction of sp³-hybridized carbons (Fsp3) is 0.350. The molecule has 25 heavy (non-hydrogen) atoms. The first-order chi connectivity index (χ1) is 12.1. The zero-order chi connectivity index (χ0) is 18.2. The first-order valence-electron chi connectivity index (χ1n) is 8.35. The Balaban J connectivity index is 2.33.